The van der Waals surface area contributed by atoms with Crippen LogP contribution < -0.4 is 5.73 Å². The summed E-state index contributed by atoms with van der Waals surface area (Å²) in [4.78, 5) is 0. The molecule has 0 fully saturated rings. The maximum atomic E-state index is 6.11. The molecule has 0 aliphatic rings. The maximum Gasteiger partial charge on any atom is 0.0951 e. The van der Waals surface area contributed by atoms with Crippen molar-refractivity contribution in [3.8, 4) is 0 Å². The van der Waals surface area contributed by atoms with E-state index in [1.54, 1.807) is 0 Å². The van der Waals surface area contributed by atoms with Gasteiger partial charge in [0.15, 0.2) is 0 Å². The van der Waals surface area contributed by atoms with Crippen molar-refractivity contribution < 1.29 is 4.74 Å². The van der Waals surface area contributed by atoms with Gasteiger partial charge in [-0.15, -0.1) is 0 Å². The van der Waals surface area contributed by atoms with Crippen LogP contribution in [0, 0.1) is 6.92 Å². The molecule has 0 radical (unpaired) electrons. The van der Waals surface area contributed by atoms with E-state index >= 15 is 0 Å². The quantitative estimate of drug-likeness (QED) is 0.899. The van der Waals surface area contributed by atoms with Crippen molar-refractivity contribution in [3.05, 3.63) is 70.2 Å². The van der Waals surface area contributed by atoms with Crippen LogP contribution in [0.5, 0.6) is 0 Å². The number of nitrogens with two attached hydrogens (primary N) is 1. The Morgan fingerprint density at radius 1 is 1.11 bits per heavy atom. The topological polar surface area (TPSA) is 35.2 Å². The van der Waals surface area contributed by atoms with Crippen LogP contribution >= 0.6 is 11.6 Å². The maximum absolute atomic E-state index is 6.11. The summed E-state index contributed by atoms with van der Waals surface area (Å²) in [6.45, 7) is 2.98. The van der Waals surface area contributed by atoms with E-state index in [9.17, 15) is 0 Å². The van der Waals surface area contributed by atoms with Gasteiger partial charge < -0.3 is 10.5 Å². The van der Waals surface area contributed by atoms with Crippen molar-refractivity contribution in [1.82, 2.24) is 0 Å². The van der Waals surface area contributed by atoms with Crippen LogP contribution in [-0.2, 0) is 11.3 Å². The zero-order valence-corrected chi connectivity index (χ0v) is 11.7. The van der Waals surface area contributed by atoms with Crippen LogP contribution in [0.4, 0.5) is 0 Å². The fourth-order valence-electron chi connectivity index (χ4n) is 1.89. The molecular weight excluding hydrogens is 258 g/mol. The molecule has 0 heterocycles. The minimum absolute atomic E-state index is 0.100. The monoisotopic (exact) mass is 275 g/mol. The molecule has 0 amide bonds. The van der Waals surface area contributed by atoms with E-state index in [0.717, 1.165) is 16.1 Å². The van der Waals surface area contributed by atoms with Gasteiger partial charge in [-0.05, 0) is 24.1 Å². The van der Waals surface area contributed by atoms with Crippen molar-refractivity contribution in [3.63, 3.8) is 0 Å². The first-order chi connectivity index (χ1) is 9.20. The van der Waals surface area contributed by atoms with E-state index in [2.05, 4.69) is 31.2 Å². The molecule has 2 aromatic carbocycles. The van der Waals surface area contributed by atoms with Gasteiger partial charge in [0.25, 0.3) is 0 Å². The number of hydrogen-bond acceptors (Lipinski definition) is 2. The molecule has 0 saturated heterocycles. The summed E-state index contributed by atoms with van der Waals surface area (Å²) in [5.41, 5.74) is 9.09. The molecule has 3 heteroatoms. The highest BCUT2D eigenvalue weighted by atomic mass is 35.5. The number of ether oxygens (including phenoxy) is 1. The van der Waals surface area contributed by atoms with Gasteiger partial charge >= 0.3 is 0 Å². The molecule has 2 rings (SSSR count). The molecule has 0 saturated carbocycles. The standard InChI is InChI=1S/C16H18ClNO/c1-12-6-8-13(9-7-12)16(10-18)19-11-14-4-2-3-5-15(14)17/h2-9,16H,10-11,18H2,1H3. The van der Waals surface area contributed by atoms with Crippen LogP contribution in [0.2, 0.25) is 5.02 Å². The Balaban J connectivity index is 2.04. The lowest BCUT2D eigenvalue weighted by Crippen LogP contribution is -2.15. The number of halogens is 1. The summed E-state index contributed by atoms with van der Waals surface area (Å²) in [5, 5.41) is 0.724. The average molecular weight is 276 g/mol. The molecular formula is C16H18ClNO. The van der Waals surface area contributed by atoms with Gasteiger partial charge in [0.1, 0.15) is 0 Å². The van der Waals surface area contributed by atoms with E-state index in [1.807, 2.05) is 24.3 Å². The summed E-state index contributed by atoms with van der Waals surface area (Å²) in [6, 6.07) is 15.9. The first-order valence-corrected chi connectivity index (χ1v) is 6.70. The molecule has 2 N–H and O–H groups in total. The molecule has 0 spiro atoms. The van der Waals surface area contributed by atoms with E-state index in [-0.39, 0.29) is 6.10 Å². The number of aryl methyl sites for hydroxylation is 1. The van der Waals surface area contributed by atoms with Crippen molar-refractivity contribution >= 4 is 11.6 Å². The third kappa shape index (κ3) is 3.80. The van der Waals surface area contributed by atoms with Gasteiger partial charge in [0.2, 0.25) is 0 Å². The van der Waals surface area contributed by atoms with E-state index in [1.165, 1.54) is 5.56 Å². The molecule has 1 unspecified atom stereocenters. The van der Waals surface area contributed by atoms with Crippen LogP contribution in [-0.4, -0.2) is 6.54 Å². The van der Waals surface area contributed by atoms with Crippen molar-refractivity contribution in [1.29, 1.82) is 0 Å². The van der Waals surface area contributed by atoms with Gasteiger partial charge in [-0.3, -0.25) is 0 Å². The first kappa shape index (κ1) is 14.1. The largest absolute Gasteiger partial charge is 0.367 e. The Hall–Kier alpha value is -1.35. The lowest BCUT2D eigenvalue weighted by Gasteiger charge is -2.17. The lowest BCUT2D eigenvalue weighted by molar-refractivity contribution is 0.0457. The molecule has 0 aromatic heterocycles. The van der Waals surface area contributed by atoms with E-state index in [0.29, 0.717) is 13.2 Å². The Kier molecular flexibility index (Phi) is 4.97. The smallest absolute Gasteiger partial charge is 0.0951 e. The van der Waals surface area contributed by atoms with Crippen LogP contribution in [0.15, 0.2) is 48.5 Å². The van der Waals surface area contributed by atoms with Crippen molar-refractivity contribution in [2.24, 2.45) is 5.73 Å². The summed E-state index contributed by atoms with van der Waals surface area (Å²) in [7, 11) is 0. The molecule has 100 valence electrons. The molecule has 19 heavy (non-hydrogen) atoms. The third-order valence-corrected chi connectivity index (χ3v) is 3.43. The van der Waals surface area contributed by atoms with E-state index < -0.39 is 0 Å². The summed E-state index contributed by atoms with van der Waals surface area (Å²) in [5.74, 6) is 0. The molecule has 0 aliphatic heterocycles. The Labute approximate surface area is 119 Å². The predicted molar refractivity (Wildman–Crippen MR) is 79.2 cm³/mol. The minimum Gasteiger partial charge on any atom is -0.367 e. The molecule has 2 aromatic rings. The summed E-state index contributed by atoms with van der Waals surface area (Å²) < 4.78 is 5.87. The number of rotatable bonds is 5. The van der Waals surface area contributed by atoms with Crippen LogP contribution in [0.1, 0.15) is 22.8 Å². The SMILES string of the molecule is Cc1ccc(C(CN)OCc2ccccc2Cl)cc1. The Morgan fingerprint density at radius 2 is 1.79 bits per heavy atom. The van der Waals surface area contributed by atoms with Gasteiger partial charge in [-0.25, -0.2) is 0 Å². The molecule has 0 bridgehead atoms. The predicted octanol–water partition coefficient (Wildman–Crippen LogP) is 3.87. The summed E-state index contributed by atoms with van der Waals surface area (Å²) in [6.07, 6.45) is -0.100. The fourth-order valence-corrected chi connectivity index (χ4v) is 2.08. The van der Waals surface area contributed by atoms with Crippen LogP contribution in [0.25, 0.3) is 0 Å². The molecule has 1 atom stereocenters. The van der Waals surface area contributed by atoms with Gasteiger partial charge in [0, 0.05) is 11.6 Å². The van der Waals surface area contributed by atoms with Crippen molar-refractivity contribution in [2.45, 2.75) is 19.6 Å². The second-order valence-corrected chi connectivity index (χ2v) is 4.94. The van der Waals surface area contributed by atoms with Crippen LogP contribution in [0.3, 0.4) is 0 Å². The van der Waals surface area contributed by atoms with E-state index in [4.69, 9.17) is 22.1 Å². The second kappa shape index (κ2) is 6.71. The number of hydrogen-bond donors (Lipinski definition) is 1. The fraction of sp³-hybridized carbons (Fsp3) is 0.250. The van der Waals surface area contributed by atoms with Gasteiger partial charge in [0.05, 0.1) is 12.7 Å². The Bertz CT molecular complexity index is 525. The summed E-state index contributed by atoms with van der Waals surface area (Å²) >= 11 is 6.11. The number of benzene rings is 2. The zero-order valence-electron chi connectivity index (χ0n) is 11.0. The highest BCUT2D eigenvalue weighted by Gasteiger charge is 2.10. The first-order valence-electron chi connectivity index (χ1n) is 6.32. The molecule has 2 nitrogen and oxygen atoms in total. The van der Waals surface area contributed by atoms with Gasteiger partial charge in [-0.1, -0.05) is 59.6 Å². The zero-order chi connectivity index (χ0) is 13.7. The normalized spacial score (nSPS) is 12.4. The highest BCUT2D eigenvalue weighted by Crippen LogP contribution is 2.21. The lowest BCUT2D eigenvalue weighted by atomic mass is 10.1. The second-order valence-electron chi connectivity index (χ2n) is 4.54. The van der Waals surface area contributed by atoms with Crippen molar-refractivity contribution in [2.75, 3.05) is 6.54 Å². The highest BCUT2D eigenvalue weighted by molar-refractivity contribution is 6.31. The minimum atomic E-state index is -0.100. The molecule has 0 aliphatic carbocycles. The average Bonchev–Trinajstić information content (AvgIpc) is 2.43. The Morgan fingerprint density at radius 3 is 2.42 bits per heavy atom. The third-order valence-electron chi connectivity index (χ3n) is 3.06. The van der Waals surface area contributed by atoms with Gasteiger partial charge in [-0.2, -0.15) is 0 Å².